The van der Waals surface area contributed by atoms with Crippen molar-refractivity contribution in [2.45, 2.75) is 90.8 Å². The van der Waals surface area contributed by atoms with Crippen molar-refractivity contribution in [3.8, 4) is 0 Å². The van der Waals surface area contributed by atoms with Gasteiger partial charge in [0, 0.05) is 24.3 Å². The number of aromatic nitrogens is 1. The van der Waals surface area contributed by atoms with Gasteiger partial charge in [-0.05, 0) is 64.0 Å². The average Bonchev–Trinajstić information content (AvgIpc) is 3.68. The zero-order valence-electron chi connectivity index (χ0n) is 22.7. The third-order valence-electron chi connectivity index (χ3n) is 6.62. The summed E-state index contributed by atoms with van der Waals surface area (Å²) in [6.45, 7) is 9.41. The number of Topliss-reactive ketones (excluding diaryl/α,β-unsaturated/α-hetero) is 1. The van der Waals surface area contributed by atoms with Crippen LogP contribution in [-0.4, -0.2) is 22.4 Å². The van der Waals surface area contributed by atoms with E-state index >= 15 is 0 Å². The summed E-state index contributed by atoms with van der Waals surface area (Å²) in [6, 6.07) is 12.5. The second kappa shape index (κ2) is 12.4. The van der Waals surface area contributed by atoms with Crippen LogP contribution in [0.5, 0.6) is 0 Å². The Bertz CT molecular complexity index is 1280. The summed E-state index contributed by atoms with van der Waals surface area (Å²) in [5.41, 5.74) is 13.3. The van der Waals surface area contributed by atoms with Crippen LogP contribution in [0.15, 0.2) is 47.4 Å². The number of fused-ring (bicyclic) bond motifs is 1. The van der Waals surface area contributed by atoms with Gasteiger partial charge in [0.15, 0.2) is 11.6 Å². The Hall–Kier alpha value is -3.19. The van der Waals surface area contributed by atoms with Crippen LogP contribution in [0.25, 0.3) is 10.9 Å². The number of halogens is 1. The molecule has 6 nitrogen and oxygen atoms in total. The van der Waals surface area contributed by atoms with Crippen molar-refractivity contribution in [1.82, 2.24) is 4.57 Å². The van der Waals surface area contributed by atoms with Crippen molar-refractivity contribution >= 4 is 28.1 Å². The van der Waals surface area contributed by atoms with Crippen molar-refractivity contribution < 1.29 is 9.18 Å². The Morgan fingerprint density at radius 1 is 1.16 bits per heavy atom. The Morgan fingerprint density at radius 3 is 2.24 bits per heavy atom. The van der Waals surface area contributed by atoms with E-state index in [2.05, 4.69) is 49.5 Å². The molecule has 0 saturated heterocycles. The molecule has 5 rings (SSSR count). The number of nitrogens with one attached hydrogen (secondary N) is 1. The number of ketones is 1. The first kappa shape index (κ1) is 28.4. The van der Waals surface area contributed by atoms with Gasteiger partial charge >= 0.3 is 0 Å². The van der Waals surface area contributed by atoms with Crippen molar-refractivity contribution in [2.75, 3.05) is 11.1 Å². The van der Waals surface area contributed by atoms with Crippen LogP contribution < -0.4 is 22.2 Å². The molecule has 2 aromatic carbocycles. The summed E-state index contributed by atoms with van der Waals surface area (Å²) in [7, 11) is 0. The van der Waals surface area contributed by atoms with Gasteiger partial charge in [-0.3, -0.25) is 9.59 Å². The van der Waals surface area contributed by atoms with Gasteiger partial charge in [0.1, 0.15) is 0 Å². The molecule has 2 fully saturated rings. The normalized spacial score (nSPS) is 18.3. The van der Waals surface area contributed by atoms with Crippen LogP contribution in [0.1, 0.15) is 94.6 Å². The quantitative estimate of drug-likeness (QED) is 0.274. The number of carbonyl (C=O) groups excluding carboxylic acids is 1. The maximum atomic E-state index is 14.7. The molecule has 1 aromatic heterocycles. The molecule has 1 heterocycles. The largest absolute Gasteiger partial charge is 0.396 e. The van der Waals surface area contributed by atoms with Crippen molar-refractivity contribution in [1.29, 1.82) is 0 Å². The molecule has 0 bridgehead atoms. The molecule has 5 N–H and O–H groups in total. The molecule has 7 heteroatoms. The van der Waals surface area contributed by atoms with E-state index in [-0.39, 0.29) is 46.2 Å². The smallest absolute Gasteiger partial charge is 0.202 e. The van der Waals surface area contributed by atoms with E-state index in [1.54, 1.807) is 10.6 Å². The van der Waals surface area contributed by atoms with Crippen LogP contribution in [-0.2, 0) is 0 Å². The third-order valence-corrected chi connectivity index (χ3v) is 6.62. The van der Waals surface area contributed by atoms with E-state index < -0.39 is 11.2 Å². The van der Waals surface area contributed by atoms with Crippen LogP contribution in [0, 0.1) is 5.82 Å². The van der Waals surface area contributed by atoms with Crippen LogP contribution in [0.3, 0.4) is 0 Å². The Morgan fingerprint density at radius 2 is 1.76 bits per heavy atom. The summed E-state index contributed by atoms with van der Waals surface area (Å²) < 4.78 is 16.5. The minimum Gasteiger partial charge on any atom is -0.396 e. The fourth-order valence-electron chi connectivity index (χ4n) is 4.43. The van der Waals surface area contributed by atoms with Gasteiger partial charge in [-0.2, -0.15) is 0 Å². The number of benzene rings is 2. The van der Waals surface area contributed by atoms with Gasteiger partial charge in [0.2, 0.25) is 5.43 Å². The SMILES string of the molecule is CC(=O)c1cn(C(C)C)c2cc(NC3CC(N)C3)c(F)c(N)c2c1=O.CCC.c1ccc(C2CC2)cc1. The van der Waals surface area contributed by atoms with E-state index in [4.69, 9.17) is 11.5 Å². The Labute approximate surface area is 219 Å². The summed E-state index contributed by atoms with van der Waals surface area (Å²) in [5, 5.41) is 3.17. The maximum Gasteiger partial charge on any atom is 0.202 e. The first-order valence-corrected chi connectivity index (χ1v) is 13.3. The molecule has 0 amide bonds. The Kier molecular flexibility index (Phi) is 9.49. The van der Waals surface area contributed by atoms with Gasteiger partial charge in [-0.1, -0.05) is 50.6 Å². The molecular formula is C30H41FN4O2. The molecule has 2 aliphatic carbocycles. The Balaban J connectivity index is 0.000000260. The first-order valence-electron chi connectivity index (χ1n) is 13.3. The lowest BCUT2D eigenvalue weighted by Gasteiger charge is -2.34. The summed E-state index contributed by atoms with van der Waals surface area (Å²) >= 11 is 0. The second-order valence-electron chi connectivity index (χ2n) is 10.4. The van der Waals surface area contributed by atoms with E-state index in [9.17, 15) is 14.0 Å². The number of hydrogen-bond donors (Lipinski definition) is 3. The predicted molar refractivity (Wildman–Crippen MR) is 152 cm³/mol. The van der Waals surface area contributed by atoms with Crippen molar-refractivity contribution in [3.63, 3.8) is 0 Å². The molecule has 0 atom stereocenters. The molecule has 0 radical (unpaired) electrons. The topological polar surface area (TPSA) is 103 Å². The summed E-state index contributed by atoms with van der Waals surface area (Å²) in [4.78, 5) is 24.4. The predicted octanol–water partition coefficient (Wildman–Crippen LogP) is 6.39. The zero-order chi connectivity index (χ0) is 27.3. The molecule has 200 valence electrons. The third kappa shape index (κ3) is 6.77. The number of nitrogen functional groups attached to an aromatic ring is 1. The van der Waals surface area contributed by atoms with Gasteiger partial charge < -0.3 is 21.4 Å². The van der Waals surface area contributed by atoms with Gasteiger partial charge in [0.05, 0.1) is 27.8 Å². The minimum absolute atomic E-state index is 0.0120. The molecule has 37 heavy (non-hydrogen) atoms. The molecular weight excluding hydrogens is 467 g/mol. The fraction of sp³-hybridized carbons (Fsp3) is 0.467. The molecule has 3 aromatic rings. The lowest BCUT2D eigenvalue weighted by atomic mass is 9.87. The van der Waals surface area contributed by atoms with Crippen LogP contribution in [0.2, 0.25) is 0 Å². The van der Waals surface area contributed by atoms with Gasteiger partial charge in [0.25, 0.3) is 0 Å². The number of anilines is 2. The first-order chi connectivity index (χ1) is 17.6. The molecule has 0 unspecified atom stereocenters. The van der Waals surface area contributed by atoms with Gasteiger partial charge in [-0.25, -0.2) is 4.39 Å². The van der Waals surface area contributed by atoms with E-state index in [1.165, 1.54) is 37.9 Å². The second-order valence-corrected chi connectivity index (χ2v) is 10.4. The molecule has 2 saturated carbocycles. The van der Waals surface area contributed by atoms with Crippen molar-refractivity contribution in [3.05, 3.63) is 69.8 Å². The lowest BCUT2D eigenvalue weighted by molar-refractivity contribution is 0.101. The molecule has 0 spiro atoms. The van der Waals surface area contributed by atoms with Crippen LogP contribution >= 0.6 is 0 Å². The highest BCUT2D eigenvalue weighted by Crippen LogP contribution is 2.39. The minimum atomic E-state index is -0.666. The number of nitrogens with two attached hydrogens (primary N) is 2. The summed E-state index contributed by atoms with van der Waals surface area (Å²) in [5.74, 6) is -0.126. The lowest BCUT2D eigenvalue weighted by Crippen LogP contribution is -2.44. The highest BCUT2D eigenvalue weighted by atomic mass is 19.1. The molecule has 2 aliphatic rings. The van der Waals surface area contributed by atoms with E-state index in [1.807, 2.05) is 13.8 Å². The highest BCUT2D eigenvalue weighted by molar-refractivity contribution is 6.01. The maximum absolute atomic E-state index is 14.7. The number of carbonyl (C=O) groups is 1. The number of pyridine rings is 1. The fourth-order valence-corrected chi connectivity index (χ4v) is 4.43. The average molecular weight is 509 g/mol. The highest BCUT2D eigenvalue weighted by Gasteiger charge is 2.28. The van der Waals surface area contributed by atoms with E-state index in [0.717, 1.165) is 18.8 Å². The van der Waals surface area contributed by atoms with Crippen molar-refractivity contribution in [2.24, 2.45) is 5.73 Å². The summed E-state index contributed by atoms with van der Waals surface area (Å²) in [6.07, 6.45) is 7.11. The number of nitrogens with zero attached hydrogens (tertiary/aromatic N) is 1. The van der Waals surface area contributed by atoms with Gasteiger partial charge in [-0.15, -0.1) is 0 Å². The monoisotopic (exact) mass is 508 g/mol. The number of hydrogen-bond acceptors (Lipinski definition) is 5. The molecule has 0 aliphatic heterocycles. The standard InChI is InChI=1S/C18H23FN4O2.C9H10.C3H8/c1-8(2)23-7-12(9(3)24)18(25)15-14(23)6-13(16(19)17(15)21)22-11-4-10(20)5-11;1-2-4-8(5-3-1)9-6-7-9;1-3-2/h6-8,10-11,22H,4-5,20-21H2,1-3H3;1-5,9H,6-7H2;3H2,1-2H3. The van der Waals surface area contributed by atoms with Crippen LogP contribution in [0.4, 0.5) is 15.8 Å². The zero-order valence-corrected chi connectivity index (χ0v) is 22.7. The number of rotatable bonds is 5. The van der Waals surface area contributed by atoms with E-state index in [0.29, 0.717) is 5.52 Å².